The fourth-order valence-electron chi connectivity index (χ4n) is 1.15. The zero-order chi connectivity index (χ0) is 13.5. The van der Waals surface area contributed by atoms with Crippen LogP contribution >= 0.6 is 0 Å². The molecular formula is C12H12FNO4. The zero-order valence-corrected chi connectivity index (χ0v) is 9.34. The van der Waals surface area contributed by atoms with Gasteiger partial charge in [-0.15, -0.1) is 0 Å². The van der Waals surface area contributed by atoms with Gasteiger partial charge in [0.05, 0.1) is 6.61 Å². The van der Waals surface area contributed by atoms with E-state index >= 15 is 0 Å². The largest absolute Gasteiger partial charge is 0.480 e. The minimum atomic E-state index is -1.34. The third kappa shape index (κ3) is 4.34. The summed E-state index contributed by atoms with van der Waals surface area (Å²) < 4.78 is 12.6. The lowest BCUT2D eigenvalue weighted by Crippen LogP contribution is -2.42. The monoisotopic (exact) mass is 253 g/mol. The number of aliphatic hydroxyl groups excluding tert-OH is 1. The molecule has 0 aliphatic carbocycles. The van der Waals surface area contributed by atoms with Crippen molar-refractivity contribution < 1.29 is 24.2 Å². The molecule has 0 aliphatic heterocycles. The van der Waals surface area contributed by atoms with E-state index in [9.17, 15) is 14.0 Å². The van der Waals surface area contributed by atoms with Crippen molar-refractivity contribution in [3.63, 3.8) is 0 Å². The van der Waals surface area contributed by atoms with Crippen LogP contribution in [-0.2, 0) is 9.59 Å². The van der Waals surface area contributed by atoms with E-state index in [2.05, 4.69) is 5.32 Å². The van der Waals surface area contributed by atoms with Gasteiger partial charge >= 0.3 is 5.97 Å². The maximum atomic E-state index is 12.6. The highest BCUT2D eigenvalue weighted by Crippen LogP contribution is 2.04. The molecule has 0 spiro atoms. The molecule has 0 aliphatic rings. The second kappa shape index (κ2) is 6.51. The number of rotatable bonds is 5. The van der Waals surface area contributed by atoms with Crippen LogP contribution in [0.5, 0.6) is 0 Å². The number of nitrogens with one attached hydrogen (secondary N) is 1. The number of hydrogen-bond donors (Lipinski definition) is 3. The highest BCUT2D eigenvalue weighted by atomic mass is 19.1. The first-order valence-electron chi connectivity index (χ1n) is 5.10. The Kier molecular flexibility index (Phi) is 5.01. The van der Waals surface area contributed by atoms with E-state index in [-0.39, 0.29) is 5.82 Å². The number of carboxylic acids is 1. The maximum absolute atomic E-state index is 12.6. The highest BCUT2D eigenvalue weighted by molar-refractivity contribution is 5.94. The first kappa shape index (κ1) is 13.9. The number of carboxylic acid groups (broad SMARTS) is 1. The lowest BCUT2D eigenvalue weighted by Gasteiger charge is -2.09. The predicted molar refractivity (Wildman–Crippen MR) is 62.1 cm³/mol. The van der Waals surface area contributed by atoms with Gasteiger partial charge in [-0.25, -0.2) is 9.18 Å². The summed E-state index contributed by atoms with van der Waals surface area (Å²) in [6, 6.07) is 4.09. The number of hydrogen-bond acceptors (Lipinski definition) is 3. The van der Waals surface area contributed by atoms with Crippen molar-refractivity contribution in [3.8, 4) is 0 Å². The summed E-state index contributed by atoms with van der Waals surface area (Å²) in [6.07, 6.45) is 2.52. The Morgan fingerprint density at radius 3 is 2.44 bits per heavy atom. The Bertz CT molecular complexity index is 456. The molecule has 1 amide bonds. The molecule has 1 atom stereocenters. The first-order valence-corrected chi connectivity index (χ1v) is 5.10. The fourth-order valence-corrected chi connectivity index (χ4v) is 1.15. The van der Waals surface area contributed by atoms with Gasteiger partial charge in [0.2, 0.25) is 5.91 Å². The number of halogens is 1. The molecule has 0 saturated carbocycles. The lowest BCUT2D eigenvalue weighted by molar-refractivity contribution is -0.142. The SMILES string of the molecule is O=C(/C=C/c1ccc(F)cc1)N[C@@H](CO)C(=O)O. The molecule has 6 heteroatoms. The third-order valence-electron chi connectivity index (χ3n) is 2.09. The van der Waals surface area contributed by atoms with Crippen molar-refractivity contribution in [1.82, 2.24) is 5.32 Å². The molecule has 0 bridgehead atoms. The van der Waals surface area contributed by atoms with E-state index < -0.39 is 24.5 Å². The summed E-state index contributed by atoms with van der Waals surface area (Å²) in [5.41, 5.74) is 0.599. The number of carbonyl (C=O) groups excluding carboxylic acids is 1. The molecule has 0 unspecified atom stereocenters. The quantitative estimate of drug-likeness (QED) is 0.663. The second-order valence-corrected chi connectivity index (χ2v) is 3.47. The Morgan fingerprint density at radius 2 is 1.94 bits per heavy atom. The van der Waals surface area contributed by atoms with Crippen LogP contribution in [0.2, 0.25) is 0 Å². The molecule has 3 N–H and O–H groups in total. The molecule has 0 saturated heterocycles. The minimum absolute atomic E-state index is 0.386. The van der Waals surface area contributed by atoms with Gasteiger partial charge < -0.3 is 15.5 Å². The third-order valence-corrected chi connectivity index (χ3v) is 2.09. The number of amides is 1. The molecule has 96 valence electrons. The van der Waals surface area contributed by atoms with E-state index in [1.165, 1.54) is 30.3 Å². The first-order chi connectivity index (χ1) is 8.52. The Hall–Kier alpha value is -2.21. The van der Waals surface area contributed by atoms with Crippen molar-refractivity contribution in [2.24, 2.45) is 0 Å². The Labute approximate surface area is 103 Å². The van der Waals surface area contributed by atoms with Crippen LogP contribution in [0.1, 0.15) is 5.56 Å². The average molecular weight is 253 g/mol. The fraction of sp³-hybridized carbons (Fsp3) is 0.167. The van der Waals surface area contributed by atoms with Crippen LogP contribution in [0.3, 0.4) is 0 Å². The van der Waals surface area contributed by atoms with Crippen molar-refractivity contribution in [2.75, 3.05) is 6.61 Å². The van der Waals surface area contributed by atoms with Gasteiger partial charge in [0.25, 0.3) is 0 Å². The van der Waals surface area contributed by atoms with E-state index in [1.54, 1.807) is 0 Å². The highest BCUT2D eigenvalue weighted by Gasteiger charge is 2.16. The zero-order valence-electron chi connectivity index (χ0n) is 9.34. The maximum Gasteiger partial charge on any atom is 0.328 e. The van der Waals surface area contributed by atoms with Crippen molar-refractivity contribution in [1.29, 1.82) is 0 Å². The van der Waals surface area contributed by atoms with Gasteiger partial charge in [-0.05, 0) is 23.8 Å². The molecule has 0 fully saturated rings. The van der Waals surface area contributed by atoms with Gasteiger partial charge in [0.1, 0.15) is 5.82 Å². The molecule has 0 aromatic heterocycles. The van der Waals surface area contributed by atoms with Crippen LogP contribution in [0.25, 0.3) is 6.08 Å². The Balaban J connectivity index is 2.59. The molecule has 0 radical (unpaired) electrons. The molecule has 18 heavy (non-hydrogen) atoms. The van der Waals surface area contributed by atoms with Crippen LogP contribution in [0.4, 0.5) is 4.39 Å². The summed E-state index contributed by atoms with van der Waals surface area (Å²) in [4.78, 5) is 21.8. The van der Waals surface area contributed by atoms with Crippen LogP contribution in [0.15, 0.2) is 30.3 Å². The van der Waals surface area contributed by atoms with E-state index in [0.717, 1.165) is 6.08 Å². The normalized spacial score (nSPS) is 12.3. The van der Waals surface area contributed by atoms with Gasteiger partial charge in [-0.1, -0.05) is 12.1 Å². The minimum Gasteiger partial charge on any atom is -0.480 e. The Morgan fingerprint density at radius 1 is 1.33 bits per heavy atom. The number of carbonyl (C=O) groups is 2. The molecule has 5 nitrogen and oxygen atoms in total. The van der Waals surface area contributed by atoms with Gasteiger partial charge in [0.15, 0.2) is 6.04 Å². The lowest BCUT2D eigenvalue weighted by atomic mass is 10.2. The molecule has 1 aromatic carbocycles. The van der Waals surface area contributed by atoms with Crippen LogP contribution in [0, 0.1) is 5.82 Å². The molecule has 1 aromatic rings. The summed E-state index contributed by atoms with van der Waals surface area (Å²) in [5, 5.41) is 19.4. The topological polar surface area (TPSA) is 86.6 Å². The van der Waals surface area contributed by atoms with E-state index in [0.29, 0.717) is 5.56 Å². The van der Waals surface area contributed by atoms with Crippen LogP contribution < -0.4 is 5.32 Å². The number of aliphatic carboxylic acids is 1. The summed E-state index contributed by atoms with van der Waals surface area (Å²) in [7, 11) is 0. The van der Waals surface area contributed by atoms with E-state index in [4.69, 9.17) is 10.2 Å². The van der Waals surface area contributed by atoms with Gasteiger partial charge in [0, 0.05) is 6.08 Å². The standard InChI is InChI=1S/C12H12FNO4/c13-9-4-1-8(2-5-9)3-6-11(16)14-10(7-15)12(17)18/h1-6,10,15H,7H2,(H,14,16)(H,17,18)/b6-3+/t10-/m0/s1. The summed E-state index contributed by atoms with van der Waals surface area (Å²) in [5.74, 6) is -2.36. The number of aliphatic hydroxyl groups is 1. The van der Waals surface area contributed by atoms with Crippen molar-refractivity contribution >= 4 is 18.0 Å². The smallest absolute Gasteiger partial charge is 0.328 e. The van der Waals surface area contributed by atoms with Gasteiger partial charge in [-0.2, -0.15) is 0 Å². The predicted octanol–water partition coefficient (Wildman–Crippen LogP) is 0.401. The molecule has 0 heterocycles. The summed E-state index contributed by atoms with van der Waals surface area (Å²) >= 11 is 0. The van der Waals surface area contributed by atoms with Crippen molar-refractivity contribution in [2.45, 2.75) is 6.04 Å². The van der Waals surface area contributed by atoms with E-state index in [1.807, 2.05) is 0 Å². The molecule has 1 rings (SSSR count). The van der Waals surface area contributed by atoms with Gasteiger partial charge in [-0.3, -0.25) is 4.79 Å². The summed E-state index contributed by atoms with van der Waals surface area (Å²) in [6.45, 7) is -0.689. The van der Waals surface area contributed by atoms with Crippen LogP contribution in [-0.4, -0.2) is 34.7 Å². The second-order valence-electron chi connectivity index (χ2n) is 3.47. The van der Waals surface area contributed by atoms with Crippen molar-refractivity contribution in [3.05, 3.63) is 41.7 Å². The average Bonchev–Trinajstić information content (AvgIpc) is 2.35. The molecular weight excluding hydrogens is 241 g/mol. The number of benzene rings is 1.